The molecule has 6 rings (SSSR count). The van der Waals surface area contributed by atoms with Crippen LogP contribution in [0.15, 0.2) is 24.7 Å². The van der Waals surface area contributed by atoms with Gasteiger partial charge in [-0.05, 0) is 66.7 Å². The number of rotatable bonds is 3. The molecule has 0 aromatic carbocycles. The monoisotopic (exact) mass is 405 g/mol. The summed E-state index contributed by atoms with van der Waals surface area (Å²) >= 11 is 2.02. The number of nitrogens with one attached hydrogen (secondary N) is 2. The third kappa shape index (κ3) is 2.62. The van der Waals surface area contributed by atoms with Gasteiger partial charge in [-0.15, -0.1) is 11.3 Å². The Kier molecular flexibility index (Phi) is 3.75. The van der Waals surface area contributed by atoms with Gasteiger partial charge in [-0.25, -0.2) is 9.50 Å². The van der Waals surface area contributed by atoms with E-state index in [4.69, 9.17) is 0 Å². The molecule has 0 amide bonds. The molecule has 1 aliphatic heterocycles. The highest BCUT2D eigenvalue weighted by molar-refractivity contribution is 7.19. The summed E-state index contributed by atoms with van der Waals surface area (Å²) in [5.74, 6) is 1.20. The predicted molar refractivity (Wildman–Crippen MR) is 119 cm³/mol. The number of thiophene rings is 1. The van der Waals surface area contributed by atoms with E-state index < -0.39 is 0 Å². The van der Waals surface area contributed by atoms with Crippen LogP contribution < -0.4 is 5.32 Å². The molecule has 6 heteroatoms. The number of aromatic nitrogens is 4. The Bertz CT molecular complexity index is 1220. The Labute approximate surface area is 174 Å². The number of nitrogens with zero attached hydrogens (tertiary/aromatic N) is 3. The van der Waals surface area contributed by atoms with Crippen molar-refractivity contribution in [1.29, 1.82) is 0 Å². The third-order valence-corrected chi connectivity index (χ3v) is 8.39. The summed E-state index contributed by atoms with van der Waals surface area (Å²) < 4.78 is 3.33. The van der Waals surface area contributed by atoms with Crippen LogP contribution in [-0.2, 0) is 0 Å². The first kappa shape index (κ1) is 17.7. The van der Waals surface area contributed by atoms with Crippen molar-refractivity contribution in [1.82, 2.24) is 24.9 Å². The molecular weight excluding hydrogens is 378 g/mol. The van der Waals surface area contributed by atoms with Crippen molar-refractivity contribution < 1.29 is 0 Å². The van der Waals surface area contributed by atoms with Crippen LogP contribution in [0.3, 0.4) is 0 Å². The van der Waals surface area contributed by atoms with Crippen molar-refractivity contribution >= 4 is 27.2 Å². The number of fused-ring (bicyclic) bond motifs is 2. The summed E-state index contributed by atoms with van der Waals surface area (Å²) in [6, 6.07) is 4.67. The highest BCUT2D eigenvalue weighted by Gasteiger charge is 2.44. The van der Waals surface area contributed by atoms with Gasteiger partial charge >= 0.3 is 0 Å². The van der Waals surface area contributed by atoms with Crippen LogP contribution in [0.5, 0.6) is 0 Å². The van der Waals surface area contributed by atoms with E-state index >= 15 is 0 Å². The molecule has 0 bridgehead atoms. The molecule has 4 aromatic heterocycles. The van der Waals surface area contributed by atoms with E-state index in [0.717, 1.165) is 17.1 Å². The van der Waals surface area contributed by atoms with Gasteiger partial charge in [-0.1, -0.05) is 13.8 Å². The number of hydrogen-bond donors (Lipinski definition) is 2. The summed E-state index contributed by atoms with van der Waals surface area (Å²) in [6.45, 7) is 9.15. The zero-order valence-electron chi connectivity index (χ0n) is 17.2. The van der Waals surface area contributed by atoms with Crippen LogP contribution in [0.4, 0.5) is 0 Å². The third-order valence-electron chi connectivity index (χ3n) is 7.05. The Morgan fingerprint density at radius 2 is 2.14 bits per heavy atom. The molecule has 150 valence electrons. The SMILES string of the molecule is Cc1cc(-c2[nH]c3cc(C4CCC5(CNC5)C4)sc3c2C(C)C)cn2ncnc12. The van der Waals surface area contributed by atoms with Gasteiger partial charge in [0.25, 0.3) is 0 Å². The van der Waals surface area contributed by atoms with E-state index in [1.165, 1.54) is 59.4 Å². The number of hydrogen-bond acceptors (Lipinski definition) is 4. The van der Waals surface area contributed by atoms with Gasteiger partial charge in [0.15, 0.2) is 5.65 Å². The Balaban J connectivity index is 1.44. The zero-order chi connectivity index (χ0) is 19.8. The number of aryl methyl sites for hydroxylation is 1. The van der Waals surface area contributed by atoms with Crippen LogP contribution in [0, 0.1) is 12.3 Å². The number of pyridine rings is 1. The van der Waals surface area contributed by atoms with Gasteiger partial charge < -0.3 is 10.3 Å². The van der Waals surface area contributed by atoms with Gasteiger partial charge in [0.2, 0.25) is 0 Å². The first-order valence-electron chi connectivity index (χ1n) is 10.7. The highest BCUT2D eigenvalue weighted by Crippen LogP contribution is 2.51. The molecule has 2 N–H and O–H groups in total. The second kappa shape index (κ2) is 6.16. The molecule has 1 saturated heterocycles. The summed E-state index contributed by atoms with van der Waals surface area (Å²) in [7, 11) is 0. The van der Waals surface area contributed by atoms with E-state index in [2.05, 4.69) is 59.5 Å². The van der Waals surface area contributed by atoms with Gasteiger partial charge in [-0.3, -0.25) is 0 Å². The Morgan fingerprint density at radius 1 is 1.28 bits per heavy atom. The van der Waals surface area contributed by atoms with E-state index in [1.54, 1.807) is 11.2 Å². The van der Waals surface area contributed by atoms with Crippen molar-refractivity contribution in [3.05, 3.63) is 40.7 Å². The molecule has 1 aliphatic carbocycles. The molecule has 0 radical (unpaired) electrons. The fraction of sp³-hybridized carbons (Fsp3) is 0.478. The fourth-order valence-electron chi connectivity index (χ4n) is 5.48. The van der Waals surface area contributed by atoms with Crippen LogP contribution in [-0.4, -0.2) is 32.7 Å². The molecule has 4 aromatic rings. The molecule has 5 nitrogen and oxygen atoms in total. The molecule has 1 unspecified atom stereocenters. The van der Waals surface area contributed by atoms with E-state index in [0.29, 0.717) is 11.3 Å². The molecule has 1 spiro atoms. The lowest BCUT2D eigenvalue weighted by Crippen LogP contribution is -2.51. The largest absolute Gasteiger partial charge is 0.354 e. The number of aromatic amines is 1. The fourth-order valence-corrected chi connectivity index (χ4v) is 6.93. The summed E-state index contributed by atoms with van der Waals surface area (Å²) in [4.78, 5) is 9.71. The van der Waals surface area contributed by atoms with Crippen molar-refractivity contribution in [2.75, 3.05) is 13.1 Å². The minimum Gasteiger partial charge on any atom is -0.354 e. The van der Waals surface area contributed by atoms with Crippen LogP contribution in [0.1, 0.15) is 60.9 Å². The maximum Gasteiger partial charge on any atom is 0.158 e. The van der Waals surface area contributed by atoms with Crippen molar-refractivity contribution in [2.45, 2.75) is 51.9 Å². The van der Waals surface area contributed by atoms with Crippen molar-refractivity contribution in [3.63, 3.8) is 0 Å². The smallest absolute Gasteiger partial charge is 0.158 e. The second-order valence-electron chi connectivity index (χ2n) is 9.44. The zero-order valence-corrected chi connectivity index (χ0v) is 18.1. The van der Waals surface area contributed by atoms with E-state index in [1.807, 2.05) is 15.9 Å². The van der Waals surface area contributed by atoms with Crippen LogP contribution in [0.2, 0.25) is 0 Å². The first-order chi connectivity index (χ1) is 14.0. The quantitative estimate of drug-likeness (QED) is 0.491. The summed E-state index contributed by atoms with van der Waals surface area (Å²) in [6.07, 6.45) is 7.81. The second-order valence-corrected chi connectivity index (χ2v) is 10.5. The maximum atomic E-state index is 4.36. The minimum atomic E-state index is 0.461. The lowest BCUT2D eigenvalue weighted by atomic mass is 9.79. The minimum absolute atomic E-state index is 0.461. The van der Waals surface area contributed by atoms with Crippen molar-refractivity contribution in [2.24, 2.45) is 5.41 Å². The van der Waals surface area contributed by atoms with Crippen LogP contribution in [0.25, 0.3) is 27.1 Å². The van der Waals surface area contributed by atoms with E-state index in [-0.39, 0.29) is 0 Å². The standard InChI is InChI=1S/C23H27N5S/c1-13(2)19-20(16-6-14(3)22-25-12-26-28(22)9-16)27-17-7-18(29-21(17)19)15-4-5-23(8-15)10-24-11-23/h6-7,9,12-13,15,24,27H,4-5,8,10-11H2,1-3H3. The molecule has 1 atom stereocenters. The Hall–Kier alpha value is -2.18. The van der Waals surface area contributed by atoms with E-state index in [9.17, 15) is 0 Å². The normalized spacial score (nSPS) is 21.0. The Morgan fingerprint density at radius 3 is 2.86 bits per heavy atom. The highest BCUT2D eigenvalue weighted by atomic mass is 32.1. The lowest BCUT2D eigenvalue weighted by Gasteiger charge is -2.39. The predicted octanol–water partition coefficient (Wildman–Crippen LogP) is 5.23. The summed E-state index contributed by atoms with van der Waals surface area (Å²) in [5, 5.41) is 7.85. The lowest BCUT2D eigenvalue weighted by molar-refractivity contribution is 0.175. The van der Waals surface area contributed by atoms with Gasteiger partial charge in [0.05, 0.1) is 15.9 Å². The van der Waals surface area contributed by atoms with Gasteiger partial charge in [-0.2, -0.15) is 5.10 Å². The maximum absolute atomic E-state index is 4.36. The molecule has 2 fully saturated rings. The van der Waals surface area contributed by atoms with Crippen molar-refractivity contribution in [3.8, 4) is 11.3 Å². The topological polar surface area (TPSA) is 58.0 Å². The average molecular weight is 406 g/mol. The average Bonchev–Trinajstić information content (AvgIpc) is 3.40. The van der Waals surface area contributed by atoms with Crippen LogP contribution >= 0.6 is 11.3 Å². The number of H-pyrrole nitrogens is 1. The summed E-state index contributed by atoms with van der Waals surface area (Å²) in [5.41, 5.74) is 7.84. The first-order valence-corrected chi connectivity index (χ1v) is 11.5. The molecule has 5 heterocycles. The molecule has 29 heavy (non-hydrogen) atoms. The molecule has 2 aliphatic rings. The van der Waals surface area contributed by atoms with Gasteiger partial charge in [0, 0.05) is 29.7 Å². The molecular formula is C23H27N5S. The molecule has 1 saturated carbocycles. The van der Waals surface area contributed by atoms with Gasteiger partial charge in [0.1, 0.15) is 6.33 Å².